The molecule has 21 heavy (non-hydrogen) atoms. The van der Waals surface area contributed by atoms with Gasteiger partial charge in [-0.25, -0.2) is 4.98 Å². The summed E-state index contributed by atoms with van der Waals surface area (Å²) in [6.07, 6.45) is 6.13. The second-order valence-corrected chi connectivity index (χ2v) is 5.72. The van der Waals surface area contributed by atoms with Gasteiger partial charge in [0.15, 0.2) is 0 Å². The fourth-order valence-corrected chi connectivity index (χ4v) is 3.00. The maximum atomic E-state index is 4.53. The Hall–Kier alpha value is -1.20. The Bertz CT molecular complexity index is 402. The molecule has 0 aromatic carbocycles. The monoisotopic (exact) mass is 291 g/mol. The van der Waals surface area contributed by atoms with Gasteiger partial charge in [-0.05, 0) is 25.9 Å². The molecule has 1 N–H and O–H groups in total. The average Bonchev–Trinajstić information content (AvgIpc) is 2.96. The normalized spacial score (nSPS) is 19.3. The van der Waals surface area contributed by atoms with Crippen molar-refractivity contribution >= 4 is 5.82 Å². The Morgan fingerprint density at radius 3 is 2.67 bits per heavy atom. The van der Waals surface area contributed by atoms with Crippen LogP contribution in [0.25, 0.3) is 0 Å². The lowest BCUT2D eigenvalue weighted by Crippen LogP contribution is -2.37. The van der Waals surface area contributed by atoms with Crippen molar-refractivity contribution < 1.29 is 0 Å². The number of hydrogen-bond donors (Lipinski definition) is 1. The number of rotatable bonds is 8. The van der Waals surface area contributed by atoms with Gasteiger partial charge < -0.3 is 5.32 Å². The summed E-state index contributed by atoms with van der Waals surface area (Å²) in [5.41, 5.74) is 1.07. The van der Waals surface area contributed by atoms with Crippen LogP contribution >= 0.6 is 0 Å². The predicted molar refractivity (Wildman–Crippen MR) is 87.4 cm³/mol. The van der Waals surface area contributed by atoms with E-state index in [1.807, 2.05) is 12.4 Å². The van der Waals surface area contributed by atoms with E-state index in [0.717, 1.165) is 50.7 Å². The molecular weight excluding hydrogens is 262 g/mol. The van der Waals surface area contributed by atoms with Crippen LogP contribution in [-0.4, -0.2) is 58.5 Å². The number of likely N-dealkylation sites (tertiary alicyclic amines) is 1. The summed E-state index contributed by atoms with van der Waals surface area (Å²) >= 11 is 0. The molecule has 2 rings (SSSR count). The van der Waals surface area contributed by atoms with Crippen molar-refractivity contribution in [2.75, 3.05) is 38.0 Å². The van der Waals surface area contributed by atoms with E-state index in [0.29, 0.717) is 6.04 Å². The highest BCUT2D eigenvalue weighted by Gasteiger charge is 2.26. The van der Waals surface area contributed by atoms with Gasteiger partial charge in [0, 0.05) is 32.2 Å². The highest BCUT2D eigenvalue weighted by Crippen LogP contribution is 2.17. The zero-order valence-corrected chi connectivity index (χ0v) is 13.7. The van der Waals surface area contributed by atoms with E-state index in [-0.39, 0.29) is 0 Å². The molecule has 0 amide bonds. The van der Waals surface area contributed by atoms with E-state index in [1.165, 1.54) is 13.0 Å². The van der Waals surface area contributed by atoms with Gasteiger partial charge in [-0.2, -0.15) is 0 Å². The number of likely N-dealkylation sites (N-methyl/N-ethyl adjacent to an activating group) is 1. The Labute approximate surface area is 128 Å². The summed E-state index contributed by atoms with van der Waals surface area (Å²) in [5, 5.41) is 3.26. The first-order chi connectivity index (χ1) is 10.3. The van der Waals surface area contributed by atoms with Crippen molar-refractivity contribution in [3.63, 3.8) is 0 Å². The summed E-state index contributed by atoms with van der Waals surface area (Å²) in [6.45, 7) is 13.1. The Kier molecular flexibility index (Phi) is 6.39. The zero-order chi connectivity index (χ0) is 15.1. The molecule has 1 fully saturated rings. The molecule has 0 spiro atoms. The van der Waals surface area contributed by atoms with E-state index >= 15 is 0 Å². The molecule has 1 saturated heterocycles. The van der Waals surface area contributed by atoms with Crippen molar-refractivity contribution in [2.45, 2.75) is 46.2 Å². The molecule has 0 saturated carbocycles. The molecule has 118 valence electrons. The van der Waals surface area contributed by atoms with Crippen LogP contribution in [0, 0.1) is 0 Å². The third-order valence-corrected chi connectivity index (χ3v) is 4.22. The SMILES string of the molecule is CCCNc1cnc(CN2CCC(N(CC)CC)C2)cn1. The first-order valence-corrected chi connectivity index (χ1v) is 8.28. The molecule has 2 heterocycles. The van der Waals surface area contributed by atoms with Gasteiger partial charge in [-0.15, -0.1) is 0 Å². The lowest BCUT2D eigenvalue weighted by Gasteiger charge is -2.26. The molecule has 1 aliphatic heterocycles. The third kappa shape index (κ3) is 4.64. The topological polar surface area (TPSA) is 44.3 Å². The fourth-order valence-electron chi connectivity index (χ4n) is 3.00. The van der Waals surface area contributed by atoms with Gasteiger partial charge in [0.1, 0.15) is 5.82 Å². The number of hydrogen-bond acceptors (Lipinski definition) is 5. The van der Waals surface area contributed by atoms with Gasteiger partial charge in [0.25, 0.3) is 0 Å². The van der Waals surface area contributed by atoms with Crippen LogP contribution in [0.5, 0.6) is 0 Å². The quantitative estimate of drug-likeness (QED) is 0.795. The van der Waals surface area contributed by atoms with Crippen LogP contribution in [0.3, 0.4) is 0 Å². The minimum absolute atomic E-state index is 0.707. The zero-order valence-electron chi connectivity index (χ0n) is 13.7. The van der Waals surface area contributed by atoms with Crippen LogP contribution in [0.4, 0.5) is 5.82 Å². The van der Waals surface area contributed by atoms with Crippen LogP contribution in [0.1, 0.15) is 39.3 Å². The Morgan fingerprint density at radius 1 is 1.24 bits per heavy atom. The number of aromatic nitrogens is 2. The predicted octanol–water partition coefficient (Wildman–Crippen LogP) is 2.21. The largest absolute Gasteiger partial charge is 0.369 e. The van der Waals surface area contributed by atoms with Gasteiger partial charge in [-0.1, -0.05) is 20.8 Å². The molecule has 0 radical (unpaired) electrons. The summed E-state index contributed by atoms with van der Waals surface area (Å²) in [5.74, 6) is 0.878. The molecule has 1 aromatic rings. The molecule has 1 unspecified atom stereocenters. The molecule has 0 aliphatic carbocycles. The van der Waals surface area contributed by atoms with Crippen LogP contribution in [0.15, 0.2) is 12.4 Å². The van der Waals surface area contributed by atoms with Gasteiger partial charge in [-0.3, -0.25) is 14.8 Å². The molecule has 5 nitrogen and oxygen atoms in total. The summed E-state index contributed by atoms with van der Waals surface area (Å²) in [7, 11) is 0. The molecule has 5 heteroatoms. The number of nitrogens with one attached hydrogen (secondary N) is 1. The first kappa shape index (κ1) is 16.2. The second-order valence-electron chi connectivity index (χ2n) is 5.72. The smallest absolute Gasteiger partial charge is 0.144 e. The Balaban J connectivity index is 1.82. The summed E-state index contributed by atoms with van der Waals surface area (Å²) < 4.78 is 0. The lowest BCUT2D eigenvalue weighted by atomic mass is 10.2. The molecule has 1 atom stereocenters. The maximum Gasteiger partial charge on any atom is 0.144 e. The van der Waals surface area contributed by atoms with E-state index in [9.17, 15) is 0 Å². The first-order valence-electron chi connectivity index (χ1n) is 8.28. The third-order valence-electron chi connectivity index (χ3n) is 4.22. The number of anilines is 1. The van der Waals surface area contributed by atoms with Crippen molar-refractivity contribution in [1.82, 2.24) is 19.8 Å². The maximum absolute atomic E-state index is 4.53. The minimum atomic E-state index is 0.707. The van der Waals surface area contributed by atoms with Crippen LogP contribution in [0.2, 0.25) is 0 Å². The fraction of sp³-hybridized carbons (Fsp3) is 0.750. The van der Waals surface area contributed by atoms with Gasteiger partial charge in [0.2, 0.25) is 0 Å². The minimum Gasteiger partial charge on any atom is -0.369 e. The highest BCUT2D eigenvalue weighted by molar-refractivity contribution is 5.30. The average molecular weight is 291 g/mol. The second kappa shape index (κ2) is 8.29. The van der Waals surface area contributed by atoms with Crippen molar-refractivity contribution in [1.29, 1.82) is 0 Å². The molecule has 0 bridgehead atoms. The van der Waals surface area contributed by atoms with E-state index in [2.05, 4.69) is 45.9 Å². The van der Waals surface area contributed by atoms with Crippen LogP contribution < -0.4 is 5.32 Å². The molecule has 1 aromatic heterocycles. The van der Waals surface area contributed by atoms with Crippen LogP contribution in [-0.2, 0) is 6.54 Å². The summed E-state index contributed by atoms with van der Waals surface area (Å²) in [4.78, 5) is 14.0. The lowest BCUT2D eigenvalue weighted by molar-refractivity contribution is 0.208. The summed E-state index contributed by atoms with van der Waals surface area (Å²) in [6, 6.07) is 0.707. The van der Waals surface area contributed by atoms with E-state index in [1.54, 1.807) is 0 Å². The van der Waals surface area contributed by atoms with E-state index in [4.69, 9.17) is 0 Å². The molecular formula is C16H29N5. The standard InChI is InChI=1S/C16H29N5/c1-4-8-17-16-11-18-14(10-19-16)12-20-9-7-15(13-20)21(5-2)6-3/h10-11,15H,4-9,12-13H2,1-3H3,(H,17,19). The van der Waals surface area contributed by atoms with Crippen molar-refractivity contribution in [3.05, 3.63) is 18.1 Å². The number of nitrogens with zero attached hydrogens (tertiary/aromatic N) is 4. The Morgan fingerprint density at radius 2 is 2.05 bits per heavy atom. The van der Waals surface area contributed by atoms with Gasteiger partial charge >= 0.3 is 0 Å². The van der Waals surface area contributed by atoms with Crippen molar-refractivity contribution in [2.24, 2.45) is 0 Å². The van der Waals surface area contributed by atoms with Gasteiger partial charge in [0.05, 0.1) is 18.1 Å². The molecule has 1 aliphatic rings. The van der Waals surface area contributed by atoms with E-state index < -0.39 is 0 Å². The highest BCUT2D eigenvalue weighted by atomic mass is 15.2. The van der Waals surface area contributed by atoms with Crippen molar-refractivity contribution in [3.8, 4) is 0 Å².